The Hall–Kier alpha value is -2.35. The van der Waals surface area contributed by atoms with Gasteiger partial charge in [0, 0.05) is 62.5 Å². The maximum absolute atomic E-state index is 14.1. The molecule has 0 N–H and O–H groups in total. The number of halogens is 2. The Balaban J connectivity index is 0.00000306. The number of benzene rings is 2. The Bertz CT molecular complexity index is 1240. The van der Waals surface area contributed by atoms with Gasteiger partial charge in [-0.3, -0.25) is 9.78 Å². The van der Waals surface area contributed by atoms with Gasteiger partial charge >= 0.3 is 0 Å². The molecular weight excluding hydrogens is 481 g/mol. The SMILES string of the molecule is CCC(=O)N(C)C1(S(=O)(=O)c2ccc3cc(Cl)ccc3c2)CCN(c2ccncc2)CC1.Cl. The lowest BCUT2D eigenvalue weighted by Crippen LogP contribution is -2.60. The molecule has 3 aromatic rings. The molecule has 2 heterocycles. The van der Waals surface area contributed by atoms with Gasteiger partial charge < -0.3 is 9.80 Å². The molecule has 4 rings (SSSR count). The van der Waals surface area contributed by atoms with E-state index >= 15 is 0 Å². The van der Waals surface area contributed by atoms with Crippen molar-refractivity contribution < 1.29 is 13.2 Å². The molecule has 0 spiro atoms. The molecule has 0 unspecified atom stereocenters. The fraction of sp³-hybridized carbons (Fsp3) is 0.333. The van der Waals surface area contributed by atoms with Crippen LogP contribution in [0.5, 0.6) is 0 Å². The van der Waals surface area contributed by atoms with Crippen molar-refractivity contribution in [2.24, 2.45) is 0 Å². The number of nitrogens with zero attached hydrogens (tertiary/aromatic N) is 3. The molecule has 1 aliphatic rings. The average Bonchev–Trinajstić information content (AvgIpc) is 2.83. The number of hydrogen-bond donors (Lipinski definition) is 0. The summed E-state index contributed by atoms with van der Waals surface area (Å²) < 4.78 is 28.2. The van der Waals surface area contributed by atoms with Gasteiger partial charge in [0.05, 0.1) is 4.90 Å². The van der Waals surface area contributed by atoms with Gasteiger partial charge in [-0.05, 0) is 47.2 Å². The van der Waals surface area contributed by atoms with Crippen LogP contribution in [-0.4, -0.2) is 49.2 Å². The minimum Gasteiger partial charge on any atom is -0.371 e. The number of anilines is 1. The van der Waals surface area contributed by atoms with E-state index < -0.39 is 14.7 Å². The summed E-state index contributed by atoms with van der Waals surface area (Å²) in [7, 11) is -2.23. The summed E-state index contributed by atoms with van der Waals surface area (Å²) in [5.41, 5.74) is 0.998. The largest absolute Gasteiger partial charge is 0.371 e. The summed E-state index contributed by atoms with van der Waals surface area (Å²) in [6, 6.07) is 14.3. The van der Waals surface area contributed by atoms with Crippen LogP contribution in [0.4, 0.5) is 5.69 Å². The van der Waals surface area contributed by atoms with Crippen LogP contribution < -0.4 is 4.90 Å². The molecule has 6 nitrogen and oxygen atoms in total. The summed E-state index contributed by atoms with van der Waals surface area (Å²) in [4.78, 5) is 19.3. The first-order valence-electron chi connectivity index (χ1n) is 10.6. The molecule has 1 aromatic heterocycles. The first-order valence-corrected chi connectivity index (χ1v) is 12.5. The van der Waals surface area contributed by atoms with E-state index in [4.69, 9.17) is 11.6 Å². The molecule has 2 aromatic carbocycles. The average molecular weight is 508 g/mol. The van der Waals surface area contributed by atoms with Crippen LogP contribution >= 0.6 is 24.0 Å². The fourth-order valence-corrected chi connectivity index (χ4v) is 6.83. The lowest BCUT2D eigenvalue weighted by molar-refractivity contribution is -0.133. The van der Waals surface area contributed by atoms with E-state index in [-0.39, 0.29) is 29.6 Å². The van der Waals surface area contributed by atoms with Crippen LogP contribution in [0.1, 0.15) is 26.2 Å². The summed E-state index contributed by atoms with van der Waals surface area (Å²) in [6.45, 7) is 2.80. The van der Waals surface area contributed by atoms with Gasteiger partial charge in [-0.25, -0.2) is 8.42 Å². The monoisotopic (exact) mass is 507 g/mol. The van der Waals surface area contributed by atoms with Gasteiger partial charge in [0.25, 0.3) is 0 Å². The molecule has 0 atom stereocenters. The number of carbonyl (C=O) groups excluding carboxylic acids is 1. The highest BCUT2D eigenvalue weighted by molar-refractivity contribution is 7.92. The zero-order valence-corrected chi connectivity index (χ0v) is 21.0. The molecular formula is C24H27Cl2N3O3S. The van der Waals surface area contributed by atoms with Crippen molar-refractivity contribution >= 4 is 56.2 Å². The van der Waals surface area contributed by atoms with Crippen LogP contribution in [0.15, 0.2) is 65.8 Å². The number of fused-ring (bicyclic) bond motifs is 1. The topological polar surface area (TPSA) is 70.6 Å². The van der Waals surface area contributed by atoms with Gasteiger partial charge in [-0.2, -0.15) is 0 Å². The smallest absolute Gasteiger partial charge is 0.223 e. The second-order valence-corrected chi connectivity index (χ2v) is 10.8. The number of pyridine rings is 1. The Morgan fingerprint density at radius 2 is 1.67 bits per heavy atom. The van der Waals surface area contributed by atoms with E-state index in [9.17, 15) is 13.2 Å². The third-order valence-corrected chi connectivity index (χ3v) is 9.24. The second kappa shape index (κ2) is 9.87. The van der Waals surface area contributed by atoms with Crippen LogP contribution in [0.2, 0.25) is 5.02 Å². The number of carbonyl (C=O) groups is 1. The number of hydrogen-bond acceptors (Lipinski definition) is 5. The Morgan fingerprint density at radius 3 is 2.30 bits per heavy atom. The van der Waals surface area contributed by atoms with Crippen LogP contribution in [0.25, 0.3) is 10.8 Å². The van der Waals surface area contributed by atoms with Crippen molar-refractivity contribution in [1.82, 2.24) is 9.88 Å². The predicted molar refractivity (Wildman–Crippen MR) is 135 cm³/mol. The van der Waals surface area contributed by atoms with Crippen molar-refractivity contribution in [3.63, 3.8) is 0 Å². The van der Waals surface area contributed by atoms with Crippen LogP contribution in [-0.2, 0) is 14.6 Å². The summed E-state index contributed by atoms with van der Waals surface area (Å²) in [5.74, 6) is -0.182. The van der Waals surface area contributed by atoms with Gasteiger partial charge in [0.2, 0.25) is 15.7 Å². The van der Waals surface area contributed by atoms with Gasteiger partial charge in [-0.15, -0.1) is 12.4 Å². The second-order valence-electron chi connectivity index (χ2n) is 8.10. The van der Waals surface area contributed by atoms with Crippen LogP contribution in [0.3, 0.4) is 0 Å². The van der Waals surface area contributed by atoms with Gasteiger partial charge in [-0.1, -0.05) is 30.7 Å². The number of sulfone groups is 1. The van der Waals surface area contributed by atoms with E-state index in [1.807, 2.05) is 24.3 Å². The minimum atomic E-state index is -3.85. The van der Waals surface area contributed by atoms with E-state index in [2.05, 4.69) is 9.88 Å². The molecule has 1 amide bonds. The maximum Gasteiger partial charge on any atom is 0.223 e. The van der Waals surface area contributed by atoms with E-state index in [1.54, 1.807) is 50.6 Å². The minimum absolute atomic E-state index is 0. The molecule has 1 fully saturated rings. The standard InChI is InChI=1S/C24H26ClN3O3S.ClH/c1-3-23(29)27(2)24(10-14-28(15-11-24)21-8-12-26-13-9-21)32(30,31)22-7-5-18-16-20(25)6-4-19(18)17-22;/h4-9,12-13,16-17H,3,10-11,14-15H2,1-2H3;1H. The fourth-order valence-electron chi connectivity index (χ4n) is 4.50. The molecule has 0 aliphatic carbocycles. The highest BCUT2D eigenvalue weighted by atomic mass is 35.5. The number of amides is 1. The first kappa shape index (κ1) is 25.3. The number of rotatable bonds is 5. The van der Waals surface area contributed by atoms with E-state index in [1.165, 1.54) is 4.90 Å². The highest BCUT2D eigenvalue weighted by Crippen LogP contribution is 2.40. The molecule has 176 valence electrons. The zero-order valence-electron chi connectivity index (χ0n) is 18.6. The number of piperidine rings is 1. The molecule has 1 saturated heterocycles. The molecule has 1 aliphatic heterocycles. The lowest BCUT2D eigenvalue weighted by Gasteiger charge is -2.47. The quantitative estimate of drug-likeness (QED) is 0.488. The molecule has 0 radical (unpaired) electrons. The molecule has 0 bridgehead atoms. The van der Waals surface area contributed by atoms with Crippen molar-refractivity contribution in [2.45, 2.75) is 36.0 Å². The van der Waals surface area contributed by atoms with Gasteiger partial charge in [0.15, 0.2) is 4.87 Å². The van der Waals surface area contributed by atoms with Crippen molar-refractivity contribution in [1.29, 1.82) is 0 Å². The molecule has 9 heteroatoms. The van der Waals surface area contributed by atoms with Crippen molar-refractivity contribution in [2.75, 3.05) is 25.0 Å². The summed E-state index contributed by atoms with van der Waals surface area (Å²) in [5, 5.41) is 2.27. The third-order valence-electron chi connectivity index (χ3n) is 6.44. The third kappa shape index (κ3) is 4.54. The van der Waals surface area contributed by atoms with Crippen molar-refractivity contribution in [3.05, 3.63) is 65.9 Å². The Labute approximate surface area is 205 Å². The zero-order chi connectivity index (χ0) is 22.9. The molecule has 33 heavy (non-hydrogen) atoms. The van der Waals surface area contributed by atoms with E-state index in [0.717, 1.165) is 16.5 Å². The normalized spacial score (nSPS) is 15.7. The molecule has 0 saturated carbocycles. The van der Waals surface area contributed by atoms with Gasteiger partial charge in [0.1, 0.15) is 0 Å². The summed E-state index contributed by atoms with van der Waals surface area (Å²) >= 11 is 6.08. The lowest BCUT2D eigenvalue weighted by atomic mass is 10.0. The Morgan fingerprint density at radius 1 is 1.06 bits per heavy atom. The highest BCUT2D eigenvalue weighted by Gasteiger charge is 2.51. The number of aromatic nitrogens is 1. The van der Waals surface area contributed by atoms with Crippen LogP contribution in [0, 0.1) is 0 Å². The van der Waals surface area contributed by atoms with Crippen molar-refractivity contribution in [3.8, 4) is 0 Å². The summed E-state index contributed by atoms with van der Waals surface area (Å²) in [6.07, 6.45) is 4.33. The first-order chi connectivity index (χ1) is 15.3. The Kier molecular flexibility index (Phi) is 7.56. The maximum atomic E-state index is 14.1. The van der Waals surface area contributed by atoms with E-state index in [0.29, 0.717) is 31.0 Å². The predicted octanol–water partition coefficient (Wildman–Crippen LogP) is 4.95.